The van der Waals surface area contributed by atoms with Gasteiger partial charge in [0.15, 0.2) is 16.9 Å². The number of rotatable bonds is 3. The number of fused-ring (bicyclic) bond motifs is 1. The number of aromatic nitrogens is 4. The SMILES string of the molecule is Nc1nc2c(ncn2[C@]2(C3CC3)O[C@H](CO)[C@@H](O)[C@H]2O)c(=O)[nH]1. The standard InChI is InChI=1S/C13H17N5O5/c14-12-16-10-7(11(22)17-12)15-4-18(10)13(5-1-2-5)9(21)8(20)6(3-19)23-13/h4-6,8-9,19-21H,1-3H2,(H3,14,16,17,22)/t6-,8-,9-,13-/m1/s1. The second kappa shape index (κ2) is 4.74. The number of H-pyrrole nitrogens is 1. The molecule has 2 aromatic heterocycles. The van der Waals surface area contributed by atoms with Crippen molar-refractivity contribution in [2.75, 3.05) is 12.3 Å². The average Bonchev–Trinajstić information content (AvgIpc) is 3.23. The van der Waals surface area contributed by atoms with Crippen molar-refractivity contribution in [2.45, 2.75) is 36.9 Å². The third-order valence-corrected chi connectivity index (χ3v) is 4.61. The Kier molecular flexibility index (Phi) is 3.00. The lowest BCUT2D eigenvalue weighted by Crippen LogP contribution is -2.47. The third-order valence-electron chi connectivity index (χ3n) is 4.61. The summed E-state index contributed by atoms with van der Waals surface area (Å²) in [6.45, 7) is -0.435. The fraction of sp³-hybridized carbons (Fsp3) is 0.615. The van der Waals surface area contributed by atoms with Gasteiger partial charge in [0.25, 0.3) is 5.56 Å². The first-order valence-corrected chi connectivity index (χ1v) is 7.37. The van der Waals surface area contributed by atoms with E-state index in [9.17, 15) is 20.1 Å². The van der Waals surface area contributed by atoms with E-state index < -0.39 is 36.2 Å². The molecule has 1 saturated carbocycles. The van der Waals surface area contributed by atoms with Gasteiger partial charge < -0.3 is 25.8 Å². The van der Waals surface area contributed by atoms with E-state index in [0.717, 1.165) is 12.8 Å². The first kappa shape index (κ1) is 14.6. The maximum atomic E-state index is 11.9. The number of aliphatic hydroxyl groups is 3. The predicted molar refractivity (Wildman–Crippen MR) is 77.2 cm³/mol. The van der Waals surface area contributed by atoms with Crippen LogP contribution in [-0.2, 0) is 10.5 Å². The van der Waals surface area contributed by atoms with Crippen LogP contribution in [0.15, 0.2) is 11.1 Å². The van der Waals surface area contributed by atoms with Gasteiger partial charge in [0.2, 0.25) is 5.95 Å². The molecule has 0 aromatic carbocycles. The van der Waals surface area contributed by atoms with E-state index in [2.05, 4.69) is 15.0 Å². The molecule has 0 unspecified atom stereocenters. The van der Waals surface area contributed by atoms with Crippen LogP contribution in [0.25, 0.3) is 11.2 Å². The molecule has 3 heterocycles. The molecule has 0 radical (unpaired) electrons. The maximum Gasteiger partial charge on any atom is 0.280 e. The number of hydrogen-bond donors (Lipinski definition) is 5. The molecule has 1 saturated heterocycles. The van der Waals surface area contributed by atoms with E-state index in [1.54, 1.807) is 0 Å². The van der Waals surface area contributed by atoms with Crippen molar-refractivity contribution in [1.29, 1.82) is 0 Å². The molecule has 23 heavy (non-hydrogen) atoms. The van der Waals surface area contributed by atoms with Crippen LogP contribution >= 0.6 is 0 Å². The van der Waals surface area contributed by atoms with E-state index in [-0.39, 0.29) is 23.0 Å². The van der Waals surface area contributed by atoms with E-state index in [0.29, 0.717) is 0 Å². The molecule has 1 aliphatic carbocycles. The Morgan fingerprint density at radius 1 is 1.48 bits per heavy atom. The van der Waals surface area contributed by atoms with Crippen molar-refractivity contribution in [3.05, 3.63) is 16.7 Å². The number of nitrogen functional groups attached to an aromatic ring is 1. The van der Waals surface area contributed by atoms with Crippen molar-refractivity contribution in [3.8, 4) is 0 Å². The van der Waals surface area contributed by atoms with Gasteiger partial charge in [-0.2, -0.15) is 4.98 Å². The van der Waals surface area contributed by atoms with Crippen LogP contribution in [0.5, 0.6) is 0 Å². The van der Waals surface area contributed by atoms with Gasteiger partial charge in [0, 0.05) is 5.92 Å². The van der Waals surface area contributed by atoms with Gasteiger partial charge in [-0.05, 0) is 12.8 Å². The molecule has 1 aliphatic heterocycles. The van der Waals surface area contributed by atoms with Crippen LogP contribution in [0.1, 0.15) is 12.8 Å². The summed E-state index contributed by atoms with van der Waals surface area (Å²) in [6.07, 6.45) is -0.562. The van der Waals surface area contributed by atoms with Gasteiger partial charge in [-0.3, -0.25) is 14.3 Å². The second-order valence-corrected chi connectivity index (χ2v) is 6.04. The first-order chi connectivity index (χ1) is 11.0. The molecule has 4 atom stereocenters. The van der Waals surface area contributed by atoms with Gasteiger partial charge in [-0.15, -0.1) is 0 Å². The third kappa shape index (κ3) is 1.86. The summed E-state index contributed by atoms with van der Waals surface area (Å²) in [5, 5.41) is 30.2. The summed E-state index contributed by atoms with van der Waals surface area (Å²) in [5.74, 6) is -0.162. The van der Waals surface area contributed by atoms with Gasteiger partial charge in [0.05, 0.1) is 12.9 Å². The van der Waals surface area contributed by atoms with Gasteiger partial charge in [-0.25, -0.2) is 4.98 Å². The Hall–Kier alpha value is -2.01. The fourth-order valence-electron chi connectivity index (χ4n) is 3.39. The Balaban J connectivity index is 1.95. The lowest BCUT2D eigenvalue weighted by Gasteiger charge is -2.34. The van der Waals surface area contributed by atoms with E-state index >= 15 is 0 Å². The minimum absolute atomic E-state index is 0.0666. The van der Waals surface area contributed by atoms with Crippen LogP contribution < -0.4 is 11.3 Å². The number of hydrogen-bond acceptors (Lipinski definition) is 8. The molecular formula is C13H17N5O5. The Labute approximate surface area is 129 Å². The van der Waals surface area contributed by atoms with E-state index in [4.69, 9.17) is 10.5 Å². The molecule has 10 heteroatoms. The Morgan fingerprint density at radius 2 is 2.22 bits per heavy atom. The van der Waals surface area contributed by atoms with Crippen LogP contribution in [0, 0.1) is 5.92 Å². The van der Waals surface area contributed by atoms with Crippen LogP contribution in [-0.4, -0.2) is 59.8 Å². The molecule has 10 nitrogen and oxygen atoms in total. The summed E-state index contributed by atoms with van der Waals surface area (Å²) in [4.78, 5) is 22.4. The minimum atomic E-state index is -1.32. The van der Waals surface area contributed by atoms with Crippen LogP contribution in [0.3, 0.4) is 0 Å². The number of ether oxygens (including phenoxy) is 1. The normalized spacial score (nSPS) is 34.3. The predicted octanol–water partition coefficient (Wildman–Crippen LogP) is -2.12. The molecular weight excluding hydrogens is 306 g/mol. The van der Waals surface area contributed by atoms with Gasteiger partial charge in [-0.1, -0.05) is 0 Å². The number of nitrogens with zero attached hydrogens (tertiary/aromatic N) is 3. The highest BCUT2D eigenvalue weighted by molar-refractivity contribution is 5.71. The summed E-state index contributed by atoms with van der Waals surface area (Å²) in [6, 6.07) is 0. The number of nitrogens with one attached hydrogen (secondary N) is 1. The van der Waals surface area contributed by atoms with E-state index in [1.807, 2.05) is 0 Å². The average molecular weight is 323 g/mol. The first-order valence-electron chi connectivity index (χ1n) is 7.37. The lowest BCUT2D eigenvalue weighted by molar-refractivity contribution is -0.160. The number of aliphatic hydroxyl groups excluding tert-OH is 3. The fourth-order valence-corrected chi connectivity index (χ4v) is 3.39. The molecule has 0 bridgehead atoms. The molecule has 0 amide bonds. The number of aromatic amines is 1. The molecule has 124 valence electrons. The summed E-state index contributed by atoms with van der Waals surface area (Å²) in [5.41, 5.74) is 4.02. The highest BCUT2D eigenvalue weighted by atomic mass is 16.6. The summed E-state index contributed by atoms with van der Waals surface area (Å²) < 4.78 is 7.31. The van der Waals surface area contributed by atoms with Crippen molar-refractivity contribution < 1.29 is 20.1 Å². The summed E-state index contributed by atoms with van der Waals surface area (Å²) >= 11 is 0. The highest BCUT2D eigenvalue weighted by Gasteiger charge is 2.62. The lowest BCUT2D eigenvalue weighted by atomic mass is 9.97. The monoisotopic (exact) mass is 323 g/mol. The maximum absolute atomic E-state index is 11.9. The van der Waals surface area contributed by atoms with Crippen molar-refractivity contribution in [2.24, 2.45) is 5.92 Å². The quantitative estimate of drug-likeness (QED) is 0.428. The summed E-state index contributed by atoms with van der Waals surface area (Å²) in [7, 11) is 0. The van der Waals surface area contributed by atoms with Gasteiger partial charge >= 0.3 is 0 Å². The molecule has 6 N–H and O–H groups in total. The second-order valence-electron chi connectivity index (χ2n) is 6.04. The van der Waals surface area contributed by atoms with Gasteiger partial charge in [0.1, 0.15) is 18.3 Å². The molecule has 0 spiro atoms. The zero-order chi connectivity index (χ0) is 16.4. The minimum Gasteiger partial charge on any atom is -0.394 e. The molecule has 2 aliphatic rings. The van der Waals surface area contributed by atoms with Crippen LogP contribution in [0.4, 0.5) is 5.95 Å². The number of anilines is 1. The largest absolute Gasteiger partial charge is 0.394 e. The topological polar surface area (TPSA) is 160 Å². The zero-order valence-electron chi connectivity index (χ0n) is 12.1. The van der Waals surface area contributed by atoms with Crippen molar-refractivity contribution >= 4 is 17.1 Å². The number of nitrogens with two attached hydrogens (primary N) is 1. The zero-order valence-corrected chi connectivity index (χ0v) is 12.1. The van der Waals surface area contributed by atoms with Crippen molar-refractivity contribution in [1.82, 2.24) is 19.5 Å². The molecule has 2 fully saturated rings. The Bertz CT molecular complexity index is 815. The Morgan fingerprint density at radius 3 is 2.83 bits per heavy atom. The van der Waals surface area contributed by atoms with Crippen LogP contribution in [0.2, 0.25) is 0 Å². The molecule has 4 rings (SSSR count). The van der Waals surface area contributed by atoms with Crippen molar-refractivity contribution in [3.63, 3.8) is 0 Å². The smallest absolute Gasteiger partial charge is 0.280 e. The van der Waals surface area contributed by atoms with E-state index in [1.165, 1.54) is 10.9 Å². The number of imidazole rings is 1. The molecule has 2 aromatic rings. The highest BCUT2D eigenvalue weighted by Crippen LogP contribution is 2.52.